The van der Waals surface area contributed by atoms with Crippen LogP contribution in [0.25, 0.3) is 0 Å². The summed E-state index contributed by atoms with van der Waals surface area (Å²) in [6.07, 6.45) is 4.42. The van der Waals surface area contributed by atoms with Crippen LogP contribution < -0.4 is 0 Å². The van der Waals surface area contributed by atoms with Gasteiger partial charge in [0.15, 0.2) is 6.10 Å². The molecule has 1 heterocycles. The Balaban J connectivity index is 2.54. The highest BCUT2D eigenvalue weighted by atomic mass is 16.6. The van der Waals surface area contributed by atoms with Gasteiger partial charge in [-0.3, -0.25) is 0 Å². The van der Waals surface area contributed by atoms with E-state index in [1.807, 2.05) is 6.92 Å². The van der Waals surface area contributed by atoms with Crippen molar-refractivity contribution >= 4 is 6.09 Å². The summed E-state index contributed by atoms with van der Waals surface area (Å²) in [5.74, 6) is 2.37. The molecule has 0 spiro atoms. The molecule has 0 aliphatic carbocycles. The van der Waals surface area contributed by atoms with Gasteiger partial charge in [-0.05, 0) is 6.92 Å². The topological polar surface area (TPSA) is 29.5 Å². The maximum absolute atomic E-state index is 10.8. The van der Waals surface area contributed by atoms with Crippen LogP contribution in [0.3, 0.4) is 0 Å². The Labute approximate surface area is 60.0 Å². The molecule has 10 heavy (non-hydrogen) atoms. The second kappa shape index (κ2) is 2.61. The van der Waals surface area contributed by atoms with Gasteiger partial charge in [0, 0.05) is 6.54 Å². The number of rotatable bonds is 1. The fourth-order valence-corrected chi connectivity index (χ4v) is 0.853. The molecule has 54 valence electrons. The van der Waals surface area contributed by atoms with Gasteiger partial charge < -0.3 is 9.64 Å². The van der Waals surface area contributed by atoms with Crippen LogP contribution in [0.15, 0.2) is 0 Å². The normalized spacial score (nSPS) is 24.2. The Morgan fingerprint density at radius 1 is 2.00 bits per heavy atom. The van der Waals surface area contributed by atoms with E-state index < -0.39 is 0 Å². The largest absolute Gasteiger partial charge is 0.431 e. The predicted octanol–water partition coefficient (Wildman–Crippen LogP) is 0.460. The molecule has 0 aromatic rings. The lowest BCUT2D eigenvalue weighted by Gasteiger charge is -2.06. The van der Waals surface area contributed by atoms with Gasteiger partial charge in [0.05, 0.1) is 6.54 Å². The van der Waals surface area contributed by atoms with Crippen molar-refractivity contribution < 1.29 is 9.53 Å². The molecule has 1 rings (SSSR count). The molecule has 0 saturated carbocycles. The van der Waals surface area contributed by atoms with Gasteiger partial charge in [-0.2, -0.15) is 0 Å². The number of nitrogens with zero attached hydrogens (tertiary/aromatic N) is 1. The van der Waals surface area contributed by atoms with Crippen LogP contribution in [0.5, 0.6) is 0 Å². The van der Waals surface area contributed by atoms with Crippen molar-refractivity contribution in [3.63, 3.8) is 0 Å². The quantitative estimate of drug-likeness (QED) is 0.494. The standard InChI is InChI=1S/C7H9NO2/c1-3-6-5-8(4-2)7(9)10-6/h1,6H,4-5H2,2H3/t6-/m1/s1. The number of cyclic esters (lactones) is 1. The first-order valence-corrected chi connectivity index (χ1v) is 3.19. The van der Waals surface area contributed by atoms with Crippen LogP contribution >= 0.6 is 0 Å². The maximum Gasteiger partial charge on any atom is 0.411 e. The van der Waals surface area contributed by atoms with Gasteiger partial charge in [-0.1, -0.05) is 5.92 Å². The third-order valence-electron chi connectivity index (χ3n) is 1.46. The number of amides is 1. The Kier molecular flexibility index (Phi) is 1.81. The first kappa shape index (κ1) is 6.94. The number of ether oxygens (including phenoxy) is 1. The number of terminal acetylenes is 1. The Hall–Kier alpha value is -1.17. The van der Waals surface area contributed by atoms with Gasteiger partial charge >= 0.3 is 6.09 Å². The molecule has 0 unspecified atom stereocenters. The van der Waals surface area contributed by atoms with Gasteiger partial charge in [0.2, 0.25) is 0 Å². The Morgan fingerprint density at radius 2 is 2.70 bits per heavy atom. The van der Waals surface area contributed by atoms with Crippen molar-refractivity contribution in [2.45, 2.75) is 13.0 Å². The van der Waals surface area contributed by atoms with E-state index in [0.29, 0.717) is 13.1 Å². The van der Waals surface area contributed by atoms with Crippen molar-refractivity contribution in [1.82, 2.24) is 4.90 Å². The van der Waals surface area contributed by atoms with Crippen LogP contribution in [-0.4, -0.2) is 30.2 Å². The van der Waals surface area contributed by atoms with Gasteiger partial charge in [-0.25, -0.2) is 4.79 Å². The minimum Gasteiger partial charge on any atom is -0.431 e. The molecule has 0 bridgehead atoms. The van der Waals surface area contributed by atoms with Crippen LogP contribution in [0.1, 0.15) is 6.92 Å². The summed E-state index contributed by atoms with van der Waals surface area (Å²) in [6.45, 7) is 3.09. The summed E-state index contributed by atoms with van der Waals surface area (Å²) in [7, 11) is 0. The Bertz CT molecular complexity index is 183. The van der Waals surface area contributed by atoms with Crippen molar-refractivity contribution in [2.24, 2.45) is 0 Å². The van der Waals surface area contributed by atoms with E-state index in [-0.39, 0.29) is 12.2 Å². The van der Waals surface area contributed by atoms with Crippen LogP contribution in [-0.2, 0) is 4.74 Å². The van der Waals surface area contributed by atoms with Gasteiger partial charge in [-0.15, -0.1) is 6.42 Å². The third-order valence-corrected chi connectivity index (χ3v) is 1.46. The number of carbonyl (C=O) groups is 1. The van der Waals surface area contributed by atoms with E-state index in [9.17, 15) is 4.79 Å². The molecule has 0 radical (unpaired) electrons. The average molecular weight is 139 g/mol. The van der Waals surface area contributed by atoms with Gasteiger partial charge in [0.1, 0.15) is 0 Å². The molecule has 1 fully saturated rings. The minimum atomic E-state index is -0.340. The molecular formula is C7H9NO2. The van der Waals surface area contributed by atoms with Crippen LogP contribution in [0.2, 0.25) is 0 Å². The number of hydrogen-bond acceptors (Lipinski definition) is 2. The molecular weight excluding hydrogens is 130 g/mol. The molecule has 0 aromatic carbocycles. The monoisotopic (exact) mass is 139 g/mol. The smallest absolute Gasteiger partial charge is 0.411 e. The zero-order valence-electron chi connectivity index (χ0n) is 5.83. The van der Waals surface area contributed by atoms with E-state index in [2.05, 4.69) is 5.92 Å². The van der Waals surface area contributed by atoms with E-state index in [1.165, 1.54) is 0 Å². The molecule has 1 saturated heterocycles. The SMILES string of the molecule is C#C[C@@H]1CN(CC)C(=O)O1. The lowest BCUT2D eigenvalue weighted by molar-refractivity contribution is 0.148. The predicted molar refractivity (Wildman–Crippen MR) is 36.3 cm³/mol. The highest BCUT2D eigenvalue weighted by Gasteiger charge is 2.27. The highest BCUT2D eigenvalue weighted by molar-refractivity contribution is 5.70. The van der Waals surface area contributed by atoms with Crippen molar-refractivity contribution in [3.8, 4) is 12.3 Å². The first-order valence-electron chi connectivity index (χ1n) is 3.19. The Morgan fingerprint density at radius 3 is 3.00 bits per heavy atom. The summed E-state index contributed by atoms with van der Waals surface area (Å²) in [5, 5.41) is 0. The fourth-order valence-electron chi connectivity index (χ4n) is 0.853. The molecule has 1 aliphatic rings. The lowest BCUT2D eigenvalue weighted by Crippen LogP contribution is -2.24. The number of carbonyl (C=O) groups excluding carboxylic acids is 1. The summed E-state index contributed by atoms with van der Waals surface area (Å²) in [6, 6.07) is 0. The van der Waals surface area contributed by atoms with Crippen LogP contribution in [0.4, 0.5) is 4.79 Å². The second-order valence-electron chi connectivity index (χ2n) is 2.08. The molecule has 0 N–H and O–H groups in total. The molecule has 3 nitrogen and oxygen atoms in total. The van der Waals surface area contributed by atoms with Gasteiger partial charge in [0.25, 0.3) is 0 Å². The maximum atomic E-state index is 10.8. The summed E-state index contributed by atoms with van der Waals surface area (Å²) in [5.41, 5.74) is 0. The van der Waals surface area contributed by atoms with E-state index >= 15 is 0 Å². The molecule has 3 heteroatoms. The van der Waals surface area contributed by atoms with E-state index in [4.69, 9.17) is 11.2 Å². The van der Waals surface area contributed by atoms with Crippen molar-refractivity contribution in [1.29, 1.82) is 0 Å². The molecule has 0 aromatic heterocycles. The van der Waals surface area contributed by atoms with E-state index in [1.54, 1.807) is 4.90 Å². The first-order chi connectivity index (χ1) is 4.77. The van der Waals surface area contributed by atoms with Crippen molar-refractivity contribution in [3.05, 3.63) is 0 Å². The molecule has 1 atom stereocenters. The average Bonchev–Trinajstić information content (AvgIpc) is 2.30. The fraction of sp³-hybridized carbons (Fsp3) is 0.571. The number of hydrogen-bond donors (Lipinski definition) is 0. The van der Waals surface area contributed by atoms with Crippen LogP contribution in [0, 0.1) is 12.3 Å². The van der Waals surface area contributed by atoms with E-state index in [0.717, 1.165) is 0 Å². The third kappa shape index (κ3) is 1.06. The second-order valence-corrected chi connectivity index (χ2v) is 2.08. The molecule has 1 amide bonds. The molecule has 1 aliphatic heterocycles. The summed E-state index contributed by atoms with van der Waals surface area (Å²) < 4.78 is 4.76. The number of likely N-dealkylation sites (N-methyl/N-ethyl adjacent to an activating group) is 1. The highest BCUT2D eigenvalue weighted by Crippen LogP contribution is 2.08. The summed E-state index contributed by atoms with van der Waals surface area (Å²) >= 11 is 0. The lowest BCUT2D eigenvalue weighted by atomic mass is 10.4. The zero-order valence-corrected chi connectivity index (χ0v) is 5.83. The van der Waals surface area contributed by atoms with Crippen molar-refractivity contribution in [2.75, 3.05) is 13.1 Å². The minimum absolute atomic E-state index is 0.301. The summed E-state index contributed by atoms with van der Waals surface area (Å²) in [4.78, 5) is 12.4. The zero-order chi connectivity index (χ0) is 7.56.